The third-order valence-corrected chi connectivity index (χ3v) is 2.36. The van der Waals surface area contributed by atoms with Crippen LogP contribution in [0.4, 0.5) is 8.78 Å². The van der Waals surface area contributed by atoms with Crippen molar-refractivity contribution in [3.05, 3.63) is 0 Å². The molecule has 1 rings (SSSR count). The molecule has 5 heteroatoms. The molecule has 3 unspecified atom stereocenters. The van der Waals surface area contributed by atoms with Crippen molar-refractivity contribution >= 4 is 0 Å². The molecular weight excluding hydrogens is 180 g/mol. The van der Waals surface area contributed by atoms with Crippen molar-refractivity contribution in [2.24, 2.45) is 0 Å². The first-order chi connectivity index (χ1) is 6.11. The van der Waals surface area contributed by atoms with Crippen molar-refractivity contribution < 1.29 is 19.0 Å². The molecule has 1 aliphatic carbocycles. The van der Waals surface area contributed by atoms with Crippen LogP contribution in [0.1, 0.15) is 19.3 Å². The first-order valence-electron chi connectivity index (χ1n) is 4.49. The SMILES string of the molecule is OC(CNC1CCCC1O)C(F)F. The molecule has 3 atom stereocenters. The van der Waals surface area contributed by atoms with Crippen LogP contribution in [0.5, 0.6) is 0 Å². The summed E-state index contributed by atoms with van der Waals surface area (Å²) in [5, 5.41) is 20.8. The Morgan fingerprint density at radius 2 is 2.08 bits per heavy atom. The van der Waals surface area contributed by atoms with Gasteiger partial charge in [-0.25, -0.2) is 8.78 Å². The van der Waals surface area contributed by atoms with Crippen molar-refractivity contribution in [3.63, 3.8) is 0 Å². The molecule has 0 spiro atoms. The maximum Gasteiger partial charge on any atom is 0.265 e. The maximum absolute atomic E-state index is 11.8. The number of nitrogens with one attached hydrogen (secondary N) is 1. The molecule has 1 fully saturated rings. The fraction of sp³-hybridized carbons (Fsp3) is 1.00. The molecule has 0 heterocycles. The van der Waals surface area contributed by atoms with Crippen LogP contribution in [0.3, 0.4) is 0 Å². The number of alkyl halides is 2. The Hall–Kier alpha value is -0.260. The van der Waals surface area contributed by atoms with Gasteiger partial charge in [-0.15, -0.1) is 0 Å². The second-order valence-corrected chi connectivity index (χ2v) is 3.41. The minimum absolute atomic E-state index is 0.131. The van der Waals surface area contributed by atoms with Gasteiger partial charge in [0.2, 0.25) is 0 Å². The topological polar surface area (TPSA) is 52.5 Å². The molecule has 13 heavy (non-hydrogen) atoms. The van der Waals surface area contributed by atoms with Crippen LogP contribution in [0, 0.1) is 0 Å². The monoisotopic (exact) mass is 195 g/mol. The van der Waals surface area contributed by atoms with E-state index in [1.807, 2.05) is 0 Å². The summed E-state index contributed by atoms with van der Waals surface area (Å²) in [5.41, 5.74) is 0. The van der Waals surface area contributed by atoms with Gasteiger partial charge in [-0.05, 0) is 19.3 Å². The lowest BCUT2D eigenvalue weighted by atomic mass is 10.2. The van der Waals surface area contributed by atoms with Crippen LogP contribution in [0.25, 0.3) is 0 Å². The zero-order chi connectivity index (χ0) is 9.84. The van der Waals surface area contributed by atoms with Crippen LogP contribution >= 0.6 is 0 Å². The molecule has 0 aromatic carbocycles. The number of aliphatic hydroxyl groups is 2. The Balaban J connectivity index is 2.18. The first kappa shape index (κ1) is 10.8. The highest BCUT2D eigenvalue weighted by molar-refractivity contribution is 4.83. The highest BCUT2D eigenvalue weighted by Gasteiger charge is 2.26. The summed E-state index contributed by atoms with van der Waals surface area (Å²) in [6.07, 6.45) is -2.40. The molecule has 3 N–H and O–H groups in total. The van der Waals surface area contributed by atoms with Crippen LogP contribution in [0.15, 0.2) is 0 Å². The molecule has 0 saturated heterocycles. The Kier molecular flexibility index (Phi) is 4.02. The molecule has 1 aliphatic rings. The molecule has 0 amide bonds. The highest BCUT2D eigenvalue weighted by Crippen LogP contribution is 2.18. The molecule has 78 valence electrons. The summed E-state index contributed by atoms with van der Waals surface area (Å²) in [7, 11) is 0. The lowest BCUT2D eigenvalue weighted by Gasteiger charge is -2.18. The van der Waals surface area contributed by atoms with Crippen molar-refractivity contribution in [2.45, 2.75) is 43.9 Å². The van der Waals surface area contributed by atoms with Gasteiger partial charge < -0.3 is 15.5 Å². The van der Waals surface area contributed by atoms with Crippen molar-refractivity contribution in [2.75, 3.05) is 6.54 Å². The number of rotatable bonds is 4. The summed E-state index contributed by atoms with van der Waals surface area (Å²) >= 11 is 0. The molecule has 3 nitrogen and oxygen atoms in total. The fourth-order valence-electron chi connectivity index (χ4n) is 1.54. The zero-order valence-corrected chi connectivity index (χ0v) is 7.29. The minimum atomic E-state index is -2.72. The average molecular weight is 195 g/mol. The summed E-state index contributed by atoms with van der Waals surface area (Å²) < 4.78 is 23.7. The molecule has 1 saturated carbocycles. The van der Waals surface area contributed by atoms with Gasteiger partial charge in [0.25, 0.3) is 6.43 Å². The number of hydrogen-bond acceptors (Lipinski definition) is 3. The summed E-state index contributed by atoms with van der Waals surface area (Å²) in [6, 6.07) is -0.131. The van der Waals surface area contributed by atoms with Crippen LogP contribution in [0.2, 0.25) is 0 Å². The second-order valence-electron chi connectivity index (χ2n) is 3.41. The number of halogens is 2. The second kappa shape index (κ2) is 4.83. The first-order valence-corrected chi connectivity index (χ1v) is 4.49. The van der Waals surface area contributed by atoms with Gasteiger partial charge in [0, 0.05) is 12.6 Å². The number of aliphatic hydroxyl groups excluding tert-OH is 2. The Morgan fingerprint density at radius 3 is 2.54 bits per heavy atom. The van der Waals surface area contributed by atoms with Gasteiger partial charge in [0.15, 0.2) is 0 Å². The fourth-order valence-corrected chi connectivity index (χ4v) is 1.54. The number of hydrogen-bond donors (Lipinski definition) is 3. The molecule has 0 aromatic heterocycles. The van der Waals surface area contributed by atoms with E-state index in [-0.39, 0.29) is 12.6 Å². The van der Waals surface area contributed by atoms with E-state index in [9.17, 15) is 13.9 Å². The summed E-state index contributed by atoms with van der Waals surface area (Å²) in [6.45, 7) is -0.153. The molecule has 0 bridgehead atoms. The average Bonchev–Trinajstić information content (AvgIpc) is 2.47. The molecule has 0 aromatic rings. The van der Waals surface area contributed by atoms with Crippen molar-refractivity contribution in [3.8, 4) is 0 Å². The summed E-state index contributed by atoms with van der Waals surface area (Å²) in [5.74, 6) is 0. The Labute approximate surface area is 75.8 Å². The van der Waals surface area contributed by atoms with Crippen LogP contribution < -0.4 is 5.32 Å². The van der Waals surface area contributed by atoms with Crippen LogP contribution in [-0.2, 0) is 0 Å². The third kappa shape index (κ3) is 3.17. The smallest absolute Gasteiger partial charge is 0.265 e. The molecular formula is C8H15F2NO2. The lowest BCUT2D eigenvalue weighted by molar-refractivity contribution is -0.00676. The van der Waals surface area contributed by atoms with Gasteiger partial charge >= 0.3 is 0 Å². The van der Waals surface area contributed by atoms with Gasteiger partial charge in [-0.1, -0.05) is 0 Å². The van der Waals surface area contributed by atoms with E-state index in [1.54, 1.807) is 0 Å². The normalized spacial score (nSPS) is 31.2. The lowest BCUT2D eigenvalue weighted by Crippen LogP contribution is -2.42. The standard InChI is InChI=1S/C8H15F2NO2/c9-8(10)7(13)4-11-5-2-1-3-6(5)12/h5-8,11-13H,1-4H2. The van der Waals surface area contributed by atoms with Gasteiger partial charge in [-0.2, -0.15) is 0 Å². The van der Waals surface area contributed by atoms with E-state index in [0.29, 0.717) is 6.42 Å². The van der Waals surface area contributed by atoms with Crippen LogP contribution in [-0.4, -0.2) is 41.4 Å². The van der Waals surface area contributed by atoms with E-state index in [0.717, 1.165) is 12.8 Å². The Morgan fingerprint density at radius 1 is 1.38 bits per heavy atom. The summed E-state index contributed by atoms with van der Waals surface area (Å²) in [4.78, 5) is 0. The van der Waals surface area contributed by atoms with E-state index in [2.05, 4.69) is 5.32 Å². The highest BCUT2D eigenvalue weighted by atomic mass is 19.3. The van der Waals surface area contributed by atoms with Gasteiger partial charge in [0.05, 0.1) is 6.10 Å². The predicted octanol–water partition coefficient (Wildman–Crippen LogP) is 0.115. The van der Waals surface area contributed by atoms with Crippen molar-refractivity contribution in [1.29, 1.82) is 0 Å². The van der Waals surface area contributed by atoms with E-state index in [4.69, 9.17) is 5.11 Å². The Bertz CT molecular complexity index is 157. The van der Waals surface area contributed by atoms with E-state index < -0.39 is 18.6 Å². The van der Waals surface area contributed by atoms with Gasteiger partial charge in [0.1, 0.15) is 6.10 Å². The quantitative estimate of drug-likeness (QED) is 0.597. The molecule has 0 aliphatic heterocycles. The van der Waals surface area contributed by atoms with Gasteiger partial charge in [-0.3, -0.25) is 0 Å². The van der Waals surface area contributed by atoms with Crippen molar-refractivity contribution in [1.82, 2.24) is 5.32 Å². The van der Waals surface area contributed by atoms with E-state index >= 15 is 0 Å². The predicted molar refractivity (Wildman–Crippen MR) is 43.7 cm³/mol. The zero-order valence-electron chi connectivity index (χ0n) is 7.29. The third-order valence-electron chi connectivity index (χ3n) is 2.36. The van der Waals surface area contributed by atoms with E-state index in [1.165, 1.54) is 0 Å². The largest absolute Gasteiger partial charge is 0.392 e. The molecule has 0 radical (unpaired) electrons. The maximum atomic E-state index is 11.8. The minimum Gasteiger partial charge on any atom is -0.392 e.